The topological polar surface area (TPSA) is 76.7 Å². The molecule has 2 aromatic rings. The van der Waals surface area contributed by atoms with Gasteiger partial charge in [-0.05, 0) is 29.9 Å². The molecule has 0 saturated heterocycles. The Balaban J connectivity index is 1.95. The second-order valence-electron chi connectivity index (χ2n) is 8.69. The number of carbonyl (C=O) groups is 2. The maximum atomic E-state index is 13.0. The van der Waals surface area contributed by atoms with E-state index in [0.29, 0.717) is 31.2 Å². The van der Waals surface area contributed by atoms with Crippen LogP contribution in [-0.4, -0.2) is 55.7 Å². The number of methoxy groups -OCH3 is 1. The zero-order chi connectivity index (χ0) is 24.6. The molecular weight excluding hydrogens is 448 g/mol. The van der Waals surface area contributed by atoms with Gasteiger partial charge in [0.1, 0.15) is 6.61 Å². The van der Waals surface area contributed by atoms with E-state index in [1.165, 1.54) is 0 Å². The summed E-state index contributed by atoms with van der Waals surface area (Å²) < 4.78 is 10.5. The predicted molar refractivity (Wildman–Crippen MR) is 139 cm³/mol. The second-order valence-corrected chi connectivity index (χ2v) is 9.80. The van der Waals surface area contributed by atoms with Gasteiger partial charge in [0.15, 0.2) is 5.78 Å². The number of Topliss-reactive ketones (excluding diaryl/α,β-unsaturated/α-hetero) is 1. The highest BCUT2D eigenvalue weighted by Crippen LogP contribution is 2.10. The smallest absolute Gasteiger partial charge is 0.407 e. The molecule has 0 aromatic heterocycles. The van der Waals surface area contributed by atoms with Gasteiger partial charge in [0.2, 0.25) is 0 Å². The number of hydrogen-bond acceptors (Lipinski definition) is 6. The Hall–Kier alpha value is -2.35. The summed E-state index contributed by atoms with van der Waals surface area (Å²) in [6.45, 7) is 5.57. The number of hydrogen-bond donors (Lipinski definition) is 2. The fourth-order valence-corrected chi connectivity index (χ4v) is 4.37. The van der Waals surface area contributed by atoms with Gasteiger partial charge >= 0.3 is 6.09 Å². The molecule has 0 saturated carbocycles. The number of carbonyl (C=O) groups excluding carboxylic acids is 2. The van der Waals surface area contributed by atoms with Crippen molar-refractivity contribution in [2.24, 2.45) is 5.92 Å². The minimum Gasteiger partial charge on any atom is -0.445 e. The van der Waals surface area contributed by atoms with Crippen molar-refractivity contribution in [3.8, 4) is 0 Å². The van der Waals surface area contributed by atoms with E-state index in [-0.39, 0.29) is 24.5 Å². The van der Waals surface area contributed by atoms with Crippen LogP contribution in [0, 0.1) is 5.92 Å². The second kappa shape index (κ2) is 16.3. The molecule has 0 aliphatic rings. The van der Waals surface area contributed by atoms with Gasteiger partial charge in [-0.25, -0.2) is 4.79 Å². The standard InChI is InChI=1S/C27H38N2O4S/c1-21(2)16-24(29-27(31)33-19-23-12-8-5-9-13-23)18-28-25(17-22-10-6-4-7-11-22)26(30)20-34-15-14-32-3/h4-13,21,24-25,28H,14-20H2,1-3H3,(H,29,31). The lowest BCUT2D eigenvalue weighted by atomic mass is 10.0. The summed E-state index contributed by atoms with van der Waals surface area (Å²) in [5, 5.41) is 6.41. The average Bonchev–Trinajstić information content (AvgIpc) is 2.83. The quantitative estimate of drug-likeness (QED) is 0.341. The van der Waals surface area contributed by atoms with E-state index >= 15 is 0 Å². The average molecular weight is 487 g/mol. The Morgan fingerprint density at radius 1 is 0.971 bits per heavy atom. The summed E-state index contributed by atoms with van der Waals surface area (Å²) in [6.07, 6.45) is 0.942. The molecular formula is C27H38N2O4S. The first-order chi connectivity index (χ1) is 16.5. The van der Waals surface area contributed by atoms with Gasteiger partial charge in [0, 0.05) is 25.4 Å². The molecule has 0 bridgehead atoms. The lowest BCUT2D eigenvalue weighted by molar-refractivity contribution is -0.118. The molecule has 0 radical (unpaired) electrons. The minimum absolute atomic E-state index is 0.143. The van der Waals surface area contributed by atoms with Crippen molar-refractivity contribution in [3.63, 3.8) is 0 Å². The molecule has 0 spiro atoms. The van der Waals surface area contributed by atoms with Crippen LogP contribution in [0.1, 0.15) is 31.4 Å². The third kappa shape index (κ3) is 11.7. The summed E-state index contributed by atoms with van der Waals surface area (Å²) in [6, 6.07) is 19.1. The van der Waals surface area contributed by atoms with E-state index in [1.54, 1.807) is 18.9 Å². The molecule has 2 rings (SSSR count). The van der Waals surface area contributed by atoms with E-state index in [4.69, 9.17) is 9.47 Å². The Morgan fingerprint density at radius 3 is 2.24 bits per heavy atom. The van der Waals surface area contributed by atoms with Crippen LogP contribution in [0.4, 0.5) is 4.79 Å². The lowest BCUT2D eigenvalue weighted by Crippen LogP contribution is -2.49. The van der Waals surface area contributed by atoms with E-state index in [0.717, 1.165) is 23.3 Å². The molecule has 0 aliphatic carbocycles. The summed E-state index contributed by atoms with van der Waals surface area (Å²) in [7, 11) is 1.66. The summed E-state index contributed by atoms with van der Waals surface area (Å²) in [5.74, 6) is 1.74. The molecule has 6 nitrogen and oxygen atoms in total. The number of benzene rings is 2. The number of amides is 1. The van der Waals surface area contributed by atoms with E-state index in [2.05, 4.69) is 24.5 Å². The van der Waals surface area contributed by atoms with Gasteiger partial charge < -0.3 is 20.1 Å². The first-order valence-electron chi connectivity index (χ1n) is 11.8. The Bertz CT molecular complexity index is 833. The zero-order valence-electron chi connectivity index (χ0n) is 20.5. The van der Waals surface area contributed by atoms with E-state index in [9.17, 15) is 9.59 Å². The van der Waals surface area contributed by atoms with Crippen LogP contribution in [0.15, 0.2) is 60.7 Å². The number of ketones is 1. The molecule has 2 unspecified atom stereocenters. The third-order valence-electron chi connectivity index (χ3n) is 5.25. The van der Waals surface area contributed by atoms with Crippen LogP contribution in [0.3, 0.4) is 0 Å². The fourth-order valence-electron chi connectivity index (χ4n) is 3.54. The monoisotopic (exact) mass is 486 g/mol. The van der Waals surface area contributed by atoms with Gasteiger partial charge in [0.25, 0.3) is 0 Å². The van der Waals surface area contributed by atoms with Gasteiger partial charge in [-0.3, -0.25) is 4.79 Å². The summed E-state index contributed by atoms with van der Waals surface area (Å²) in [5.41, 5.74) is 2.04. The first kappa shape index (κ1) is 27.9. The van der Waals surface area contributed by atoms with Crippen LogP contribution in [0.25, 0.3) is 0 Å². The van der Waals surface area contributed by atoms with Crippen molar-refractivity contribution in [3.05, 3.63) is 71.8 Å². The van der Waals surface area contributed by atoms with Crippen molar-refractivity contribution >= 4 is 23.6 Å². The van der Waals surface area contributed by atoms with Crippen molar-refractivity contribution in [1.82, 2.24) is 10.6 Å². The Kier molecular flexibility index (Phi) is 13.4. The molecule has 0 heterocycles. The number of rotatable bonds is 16. The minimum atomic E-state index is -0.447. The zero-order valence-corrected chi connectivity index (χ0v) is 21.3. The van der Waals surface area contributed by atoms with Gasteiger partial charge in [-0.2, -0.15) is 11.8 Å². The molecule has 0 aliphatic heterocycles. The number of thioether (sulfide) groups is 1. The molecule has 7 heteroatoms. The van der Waals surface area contributed by atoms with Crippen molar-refractivity contribution in [2.45, 2.75) is 45.4 Å². The first-order valence-corrected chi connectivity index (χ1v) is 13.0. The third-order valence-corrected chi connectivity index (χ3v) is 6.19. The maximum absolute atomic E-state index is 13.0. The molecule has 0 fully saturated rings. The van der Waals surface area contributed by atoms with Gasteiger partial charge in [-0.15, -0.1) is 0 Å². The number of ether oxygens (including phenoxy) is 2. The lowest BCUT2D eigenvalue weighted by Gasteiger charge is -2.24. The van der Waals surface area contributed by atoms with Gasteiger partial charge in [0.05, 0.1) is 18.4 Å². The van der Waals surface area contributed by atoms with Crippen LogP contribution in [0.2, 0.25) is 0 Å². The highest BCUT2D eigenvalue weighted by atomic mass is 32.2. The highest BCUT2D eigenvalue weighted by Gasteiger charge is 2.22. The van der Waals surface area contributed by atoms with E-state index in [1.807, 2.05) is 60.7 Å². The van der Waals surface area contributed by atoms with Crippen LogP contribution < -0.4 is 10.6 Å². The number of alkyl carbamates (subject to hydrolysis) is 1. The SMILES string of the molecule is COCCSCC(=O)C(Cc1ccccc1)NCC(CC(C)C)NC(=O)OCc1ccccc1. The maximum Gasteiger partial charge on any atom is 0.407 e. The fraction of sp³-hybridized carbons (Fsp3) is 0.481. The highest BCUT2D eigenvalue weighted by molar-refractivity contribution is 7.99. The molecule has 2 atom stereocenters. The Morgan fingerprint density at radius 2 is 1.62 bits per heavy atom. The summed E-state index contributed by atoms with van der Waals surface area (Å²) in [4.78, 5) is 25.4. The summed E-state index contributed by atoms with van der Waals surface area (Å²) >= 11 is 1.58. The molecule has 2 aromatic carbocycles. The van der Waals surface area contributed by atoms with Crippen molar-refractivity contribution in [2.75, 3.05) is 31.8 Å². The van der Waals surface area contributed by atoms with E-state index < -0.39 is 6.09 Å². The molecule has 186 valence electrons. The molecule has 2 N–H and O–H groups in total. The van der Waals surface area contributed by atoms with Crippen molar-refractivity contribution < 1.29 is 19.1 Å². The van der Waals surface area contributed by atoms with Crippen molar-refractivity contribution in [1.29, 1.82) is 0 Å². The molecule has 1 amide bonds. The van der Waals surface area contributed by atoms with Crippen LogP contribution in [0.5, 0.6) is 0 Å². The van der Waals surface area contributed by atoms with Crippen LogP contribution >= 0.6 is 11.8 Å². The van der Waals surface area contributed by atoms with Crippen LogP contribution in [-0.2, 0) is 27.3 Å². The normalized spacial score (nSPS) is 12.8. The van der Waals surface area contributed by atoms with Gasteiger partial charge in [-0.1, -0.05) is 74.5 Å². The molecule has 34 heavy (non-hydrogen) atoms. The predicted octanol–water partition coefficient (Wildman–Crippen LogP) is 4.48. The largest absolute Gasteiger partial charge is 0.445 e. The number of nitrogens with one attached hydrogen (secondary N) is 2. The Labute approximate surface area is 208 Å².